The minimum atomic E-state index is 0.883. The molecule has 1 N–H and O–H groups in total. The molecule has 17 heavy (non-hydrogen) atoms. The van der Waals surface area contributed by atoms with Crippen LogP contribution in [0.1, 0.15) is 30.7 Å². The second-order valence-corrected chi connectivity index (χ2v) is 6.18. The van der Waals surface area contributed by atoms with Crippen LogP contribution in [-0.2, 0) is 0 Å². The normalized spacial score (nSPS) is 16.8. The minimum Gasteiger partial charge on any atom is -0.385 e. The largest absolute Gasteiger partial charge is 0.385 e. The van der Waals surface area contributed by atoms with Gasteiger partial charge in [-0.15, -0.1) is 11.3 Å². The van der Waals surface area contributed by atoms with Crippen molar-refractivity contribution < 1.29 is 0 Å². The third-order valence-corrected chi connectivity index (χ3v) is 4.50. The Labute approximate surface area is 106 Å². The Kier molecular flexibility index (Phi) is 3.02. The summed E-state index contributed by atoms with van der Waals surface area (Å²) in [7, 11) is 0. The molecule has 2 aromatic rings. The molecule has 0 radical (unpaired) electrons. The van der Waals surface area contributed by atoms with Crippen molar-refractivity contribution >= 4 is 27.2 Å². The summed E-state index contributed by atoms with van der Waals surface area (Å²) in [6, 6.07) is 6.50. The van der Waals surface area contributed by atoms with Crippen molar-refractivity contribution in [3.63, 3.8) is 0 Å². The van der Waals surface area contributed by atoms with Gasteiger partial charge in [0.05, 0.1) is 15.2 Å². The first-order valence-corrected chi connectivity index (χ1v) is 7.24. The van der Waals surface area contributed by atoms with E-state index in [9.17, 15) is 0 Å². The van der Waals surface area contributed by atoms with Crippen LogP contribution < -0.4 is 5.32 Å². The molecule has 3 rings (SSSR count). The van der Waals surface area contributed by atoms with Crippen LogP contribution in [0.3, 0.4) is 0 Å². The van der Waals surface area contributed by atoms with Gasteiger partial charge in [0.25, 0.3) is 0 Å². The molecule has 0 bridgehead atoms. The number of fused-ring (bicyclic) bond motifs is 1. The highest BCUT2D eigenvalue weighted by Crippen LogP contribution is 2.27. The smallest absolute Gasteiger partial charge is 0.0907 e. The highest BCUT2D eigenvalue weighted by Gasteiger charge is 2.14. The lowest BCUT2D eigenvalue weighted by molar-refractivity contribution is 0.580. The van der Waals surface area contributed by atoms with Crippen LogP contribution in [-0.4, -0.2) is 11.5 Å². The predicted octanol–water partition coefficient (Wildman–Crippen LogP) is 4.21. The van der Waals surface area contributed by atoms with E-state index < -0.39 is 0 Å². The molecule has 0 atom stereocenters. The molecule has 1 aromatic heterocycles. The zero-order valence-corrected chi connectivity index (χ0v) is 11.0. The fraction of sp³-hybridized carbons (Fsp3) is 0.500. The molecule has 1 aliphatic carbocycles. The number of nitrogens with one attached hydrogen (secondary N) is 1. The van der Waals surface area contributed by atoms with Crippen molar-refractivity contribution in [1.29, 1.82) is 0 Å². The number of aryl methyl sites for hydroxylation is 1. The summed E-state index contributed by atoms with van der Waals surface area (Å²) in [6.07, 6.45) is 5.63. The number of nitrogens with zero attached hydrogens (tertiary/aromatic N) is 1. The number of hydrogen-bond acceptors (Lipinski definition) is 3. The summed E-state index contributed by atoms with van der Waals surface area (Å²) in [5.74, 6) is 0.883. The van der Waals surface area contributed by atoms with Crippen LogP contribution in [0.2, 0.25) is 0 Å². The molecule has 0 spiro atoms. The molecule has 90 valence electrons. The zero-order chi connectivity index (χ0) is 11.7. The molecule has 1 fully saturated rings. The van der Waals surface area contributed by atoms with E-state index in [1.54, 1.807) is 11.3 Å². The first kappa shape index (κ1) is 11.0. The Hall–Kier alpha value is -1.09. The number of rotatable bonds is 3. The fourth-order valence-corrected chi connectivity index (χ4v) is 3.49. The Bertz CT molecular complexity index is 512. The topological polar surface area (TPSA) is 24.9 Å². The molecule has 3 heteroatoms. The van der Waals surface area contributed by atoms with Gasteiger partial charge >= 0.3 is 0 Å². The van der Waals surface area contributed by atoms with E-state index in [0.29, 0.717) is 0 Å². The van der Waals surface area contributed by atoms with Crippen LogP contribution >= 0.6 is 11.3 Å². The molecular weight excluding hydrogens is 228 g/mol. The average Bonchev–Trinajstić information content (AvgIpc) is 2.92. The van der Waals surface area contributed by atoms with Crippen molar-refractivity contribution in [3.05, 3.63) is 23.2 Å². The summed E-state index contributed by atoms with van der Waals surface area (Å²) < 4.78 is 1.29. The molecule has 0 saturated heterocycles. The number of benzene rings is 1. The van der Waals surface area contributed by atoms with Crippen molar-refractivity contribution in [3.8, 4) is 0 Å². The lowest BCUT2D eigenvalue weighted by Gasteiger charge is -2.11. The first-order valence-electron chi connectivity index (χ1n) is 6.42. The van der Waals surface area contributed by atoms with E-state index in [2.05, 4.69) is 35.4 Å². The molecule has 2 nitrogen and oxygen atoms in total. The Morgan fingerprint density at radius 2 is 2.18 bits per heavy atom. The fourth-order valence-electron chi connectivity index (χ4n) is 2.63. The Morgan fingerprint density at radius 1 is 1.35 bits per heavy atom. The van der Waals surface area contributed by atoms with Crippen LogP contribution in [0.4, 0.5) is 5.69 Å². The molecule has 1 heterocycles. The van der Waals surface area contributed by atoms with E-state index in [0.717, 1.165) is 23.0 Å². The van der Waals surface area contributed by atoms with Crippen LogP contribution in [0.5, 0.6) is 0 Å². The van der Waals surface area contributed by atoms with Gasteiger partial charge in [-0.05, 0) is 43.9 Å². The van der Waals surface area contributed by atoms with Crippen LogP contribution in [0.15, 0.2) is 18.2 Å². The molecule has 0 amide bonds. The quantitative estimate of drug-likeness (QED) is 0.877. The summed E-state index contributed by atoms with van der Waals surface area (Å²) in [6.45, 7) is 3.19. The Morgan fingerprint density at radius 3 is 3.00 bits per heavy atom. The highest BCUT2D eigenvalue weighted by molar-refractivity contribution is 7.18. The second kappa shape index (κ2) is 4.65. The van der Waals surface area contributed by atoms with Gasteiger partial charge in [0, 0.05) is 12.2 Å². The van der Waals surface area contributed by atoms with Crippen molar-refractivity contribution in [2.24, 2.45) is 5.92 Å². The first-order chi connectivity index (χ1) is 8.31. The van der Waals surface area contributed by atoms with Gasteiger partial charge in [-0.25, -0.2) is 4.98 Å². The SMILES string of the molecule is Cc1nc2ccc(NCC3CCCC3)cc2s1. The van der Waals surface area contributed by atoms with E-state index in [1.165, 1.54) is 36.1 Å². The molecule has 1 saturated carbocycles. The zero-order valence-electron chi connectivity index (χ0n) is 10.2. The second-order valence-electron chi connectivity index (χ2n) is 4.95. The lowest BCUT2D eigenvalue weighted by atomic mass is 10.1. The third kappa shape index (κ3) is 2.44. The van der Waals surface area contributed by atoms with Gasteiger partial charge < -0.3 is 5.32 Å². The van der Waals surface area contributed by atoms with Gasteiger partial charge in [0.1, 0.15) is 0 Å². The third-order valence-electron chi connectivity index (χ3n) is 3.56. The van der Waals surface area contributed by atoms with Gasteiger partial charge in [-0.3, -0.25) is 0 Å². The van der Waals surface area contributed by atoms with E-state index in [1.807, 2.05) is 0 Å². The molecule has 1 aromatic carbocycles. The van der Waals surface area contributed by atoms with Gasteiger partial charge in [0.2, 0.25) is 0 Å². The number of anilines is 1. The van der Waals surface area contributed by atoms with E-state index in [4.69, 9.17) is 0 Å². The summed E-state index contributed by atoms with van der Waals surface area (Å²) >= 11 is 1.77. The van der Waals surface area contributed by atoms with Gasteiger partial charge in [-0.2, -0.15) is 0 Å². The number of thiazole rings is 1. The molecule has 1 aliphatic rings. The number of aromatic nitrogens is 1. The molecule has 0 aliphatic heterocycles. The average molecular weight is 246 g/mol. The predicted molar refractivity (Wildman–Crippen MR) is 74.8 cm³/mol. The molecular formula is C14H18N2S. The molecule has 0 unspecified atom stereocenters. The maximum absolute atomic E-state index is 4.48. The number of hydrogen-bond donors (Lipinski definition) is 1. The minimum absolute atomic E-state index is 0.883. The van der Waals surface area contributed by atoms with Crippen molar-refractivity contribution in [1.82, 2.24) is 4.98 Å². The summed E-state index contributed by atoms with van der Waals surface area (Å²) in [4.78, 5) is 4.48. The van der Waals surface area contributed by atoms with Gasteiger partial charge in [0.15, 0.2) is 0 Å². The lowest BCUT2D eigenvalue weighted by Crippen LogP contribution is -2.10. The Balaban J connectivity index is 1.71. The monoisotopic (exact) mass is 246 g/mol. The van der Waals surface area contributed by atoms with Crippen molar-refractivity contribution in [2.75, 3.05) is 11.9 Å². The van der Waals surface area contributed by atoms with Gasteiger partial charge in [-0.1, -0.05) is 12.8 Å². The van der Waals surface area contributed by atoms with E-state index in [-0.39, 0.29) is 0 Å². The van der Waals surface area contributed by atoms with E-state index >= 15 is 0 Å². The maximum atomic E-state index is 4.48. The summed E-state index contributed by atoms with van der Waals surface area (Å²) in [5, 5.41) is 4.71. The van der Waals surface area contributed by atoms with Crippen LogP contribution in [0.25, 0.3) is 10.2 Å². The highest BCUT2D eigenvalue weighted by atomic mass is 32.1. The maximum Gasteiger partial charge on any atom is 0.0907 e. The summed E-state index contributed by atoms with van der Waals surface area (Å²) in [5.41, 5.74) is 2.37. The standard InChI is InChI=1S/C14H18N2S/c1-10-16-13-7-6-12(8-14(13)17-10)15-9-11-4-2-3-5-11/h6-8,11,15H,2-5,9H2,1H3. The van der Waals surface area contributed by atoms with Crippen LogP contribution in [0, 0.1) is 12.8 Å². The van der Waals surface area contributed by atoms with Crippen molar-refractivity contribution in [2.45, 2.75) is 32.6 Å².